The van der Waals surface area contributed by atoms with Gasteiger partial charge in [0.1, 0.15) is 0 Å². The van der Waals surface area contributed by atoms with Gasteiger partial charge in [-0.1, -0.05) is 20.8 Å². The van der Waals surface area contributed by atoms with Gasteiger partial charge in [0, 0.05) is 6.04 Å². The SMILES string of the molecule is CC1CCNC1C(=O)NC1CCC(C)(C)CC1. The van der Waals surface area contributed by atoms with Crippen LogP contribution in [0.4, 0.5) is 0 Å². The molecule has 0 spiro atoms. The maximum Gasteiger partial charge on any atom is 0.237 e. The van der Waals surface area contributed by atoms with E-state index >= 15 is 0 Å². The number of carbonyl (C=O) groups excluding carboxylic acids is 1. The Morgan fingerprint density at radius 2 is 1.88 bits per heavy atom. The first-order chi connectivity index (χ1) is 7.98. The third-order valence-electron chi connectivity index (χ3n) is 4.50. The van der Waals surface area contributed by atoms with Crippen LogP contribution in [-0.2, 0) is 4.79 Å². The third kappa shape index (κ3) is 3.21. The Morgan fingerprint density at radius 1 is 1.24 bits per heavy atom. The van der Waals surface area contributed by atoms with E-state index in [9.17, 15) is 4.79 Å². The Labute approximate surface area is 105 Å². The molecule has 0 aromatic rings. The molecule has 3 nitrogen and oxygen atoms in total. The fourth-order valence-electron chi connectivity index (χ4n) is 3.02. The van der Waals surface area contributed by atoms with E-state index in [-0.39, 0.29) is 11.9 Å². The van der Waals surface area contributed by atoms with E-state index in [1.165, 1.54) is 12.8 Å². The van der Waals surface area contributed by atoms with Crippen molar-refractivity contribution < 1.29 is 4.79 Å². The predicted octanol–water partition coefficient (Wildman–Crippen LogP) is 2.07. The third-order valence-corrected chi connectivity index (χ3v) is 4.50. The van der Waals surface area contributed by atoms with Crippen LogP contribution in [-0.4, -0.2) is 24.5 Å². The largest absolute Gasteiger partial charge is 0.352 e. The normalized spacial score (nSPS) is 33.6. The maximum absolute atomic E-state index is 12.1. The second kappa shape index (κ2) is 4.97. The van der Waals surface area contributed by atoms with Crippen LogP contribution in [0.2, 0.25) is 0 Å². The van der Waals surface area contributed by atoms with Crippen molar-refractivity contribution in [2.45, 2.75) is 65.0 Å². The zero-order valence-electron chi connectivity index (χ0n) is 11.4. The van der Waals surface area contributed by atoms with Gasteiger partial charge in [0.15, 0.2) is 0 Å². The van der Waals surface area contributed by atoms with E-state index in [1.54, 1.807) is 0 Å². The van der Waals surface area contributed by atoms with E-state index in [0.717, 1.165) is 25.8 Å². The van der Waals surface area contributed by atoms with Crippen LogP contribution in [0.5, 0.6) is 0 Å². The standard InChI is InChI=1S/C14H26N2O/c1-10-6-9-15-12(10)13(17)16-11-4-7-14(2,3)8-5-11/h10-12,15H,4-9H2,1-3H3,(H,16,17). The van der Waals surface area contributed by atoms with Crippen molar-refractivity contribution in [2.24, 2.45) is 11.3 Å². The monoisotopic (exact) mass is 238 g/mol. The van der Waals surface area contributed by atoms with Gasteiger partial charge in [-0.25, -0.2) is 0 Å². The van der Waals surface area contributed by atoms with Gasteiger partial charge in [0.05, 0.1) is 6.04 Å². The van der Waals surface area contributed by atoms with Gasteiger partial charge in [0.2, 0.25) is 5.91 Å². The maximum atomic E-state index is 12.1. The number of carbonyl (C=O) groups is 1. The van der Waals surface area contributed by atoms with Crippen molar-refractivity contribution in [1.82, 2.24) is 10.6 Å². The van der Waals surface area contributed by atoms with Crippen molar-refractivity contribution >= 4 is 5.91 Å². The summed E-state index contributed by atoms with van der Waals surface area (Å²) in [7, 11) is 0. The molecule has 2 aliphatic rings. The molecule has 17 heavy (non-hydrogen) atoms. The Hall–Kier alpha value is -0.570. The number of nitrogens with one attached hydrogen (secondary N) is 2. The number of amides is 1. The molecule has 3 heteroatoms. The highest BCUT2D eigenvalue weighted by molar-refractivity contribution is 5.82. The molecular weight excluding hydrogens is 212 g/mol. The average molecular weight is 238 g/mol. The molecule has 1 heterocycles. The molecule has 0 bridgehead atoms. The van der Waals surface area contributed by atoms with Crippen molar-refractivity contribution in [1.29, 1.82) is 0 Å². The van der Waals surface area contributed by atoms with Crippen molar-refractivity contribution in [2.75, 3.05) is 6.54 Å². The first kappa shape index (κ1) is 12.9. The van der Waals surface area contributed by atoms with Crippen LogP contribution in [0.15, 0.2) is 0 Å². The number of hydrogen-bond donors (Lipinski definition) is 2. The zero-order valence-corrected chi connectivity index (χ0v) is 11.4. The molecule has 1 aliphatic heterocycles. The number of rotatable bonds is 2. The van der Waals surface area contributed by atoms with E-state index in [4.69, 9.17) is 0 Å². The molecule has 2 fully saturated rings. The summed E-state index contributed by atoms with van der Waals surface area (Å²) in [5.41, 5.74) is 0.472. The molecule has 2 atom stereocenters. The summed E-state index contributed by atoms with van der Waals surface area (Å²) in [4.78, 5) is 12.1. The van der Waals surface area contributed by atoms with Gasteiger partial charge < -0.3 is 10.6 Å². The Balaban J connectivity index is 1.80. The fourth-order valence-corrected chi connectivity index (χ4v) is 3.02. The van der Waals surface area contributed by atoms with Crippen LogP contribution < -0.4 is 10.6 Å². The molecule has 98 valence electrons. The quantitative estimate of drug-likeness (QED) is 0.773. The fraction of sp³-hybridized carbons (Fsp3) is 0.929. The summed E-state index contributed by atoms with van der Waals surface area (Å²) in [6.07, 6.45) is 5.85. The van der Waals surface area contributed by atoms with E-state index < -0.39 is 0 Å². The lowest BCUT2D eigenvalue weighted by atomic mass is 9.75. The molecule has 1 saturated heterocycles. The zero-order chi connectivity index (χ0) is 12.5. The second-order valence-electron chi connectivity index (χ2n) is 6.64. The molecule has 0 radical (unpaired) electrons. The van der Waals surface area contributed by atoms with Crippen molar-refractivity contribution in [3.8, 4) is 0 Å². The summed E-state index contributed by atoms with van der Waals surface area (Å²) >= 11 is 0. The topological polar surface area (TPSA) is 41.1 Å². The summed E-state index contributed by atoms with van der Waals surface area (Å²) in [6.45, 7) is 7.79. The lowest BCUT2D eigenvalue weighted by Gasteiger charge is -2.35. The van der Waals surface area contributed by atoms with Crippen LogP contribution in [0.3, 0.4) is 0 Å². The van der Waals surface area contributed by atoms with Gasteiger partial charge in [0.25, 0.3) is 0 Å². The van der Waals surface area contributed by atoms with E-state index in [2.05, 4.69) is 31.4 Å². The molecule has 1 saturated carbocycles. The minimum Gasteiger partial charge on any atom is -0.352 e. The average Bonchev–Trinajstić information content (AvgIpc) is 2.68. The minimum atomic E-state index is 0.0462. The molecule has 2 N–H and O–H groups in total. The predicted molar refractivity (Wildman–Crippen MR) is 69.8 cm³/mol. The van der Waals surface area contributed by atoms with Crippen LogP contribution in [0, 0.1) is 11.3 Å². The Kier molecular flexibility index (Phi) is 3.76. The van der Waals surface area contributed by atoms with Crippen molar-refractivity contribution in [3.63, 3.8) is 0 Å². The number of hydrogen-bond acceptors (Lipinski definition) is 2. The summed E-state index contributed by atoms with van der Waals surface area (Å²) < 4.78 is 0. The molecule has 1 amide bonds. The summed E-state index contributed by atoms with van der Waals surface area (Å²) in [6, 6.07) is 0.454. The van der Waals surface area contributed by atoms with Gasteiger partial charge in [-0.2, -0.15) is 0 Å². The Morgan fingerprint density at radius 3 is 2.41 bits per heavy atom. The van der Waals surface area contributed by atoms with Gasteiger partial charge in [-0.3, -0.25) is 4.79 Å². The smallest absolute Gasteiger partial charge is 0.237 e. The van der Waals surface area contributed by atoms with Crippen LogP contribution >= 0.6 is 0 Å². The highest BCUT2D eigenvalue weighted by atomic mass is 16.2. The van der Waals surface area contributed by atoms with Gasteiger partial charge in [-0.05, 0) is 50.0 Å². The van der Waals surface area contributed by atoms with Gasteiger partial charge >= 0.3 is 0 Å². The first-order valence-electron chi connectivity index (χ1n) is 7.02. The van der Waals surface area contributed by atoms with Crippen LogP contribution in [0.25, 0.3) is 0 Å². The summed E-state index contributed by atoms with van der Waals surface area (Å²) in [5.74, 6) is 0.703. The van der Waals surface area contributed by atoms with E-state index in [0.29, 0.717) is 17.4 Å². The lowest BCUT2D eigenvalue weighted by Crippen LogP contribution is -2.48. The molecular formula is C14H26N2O. The second-order valence-corrected chi connectivity index (χ2v) is 6.64. The highest BCUT2D eigenvalue weighted by Gasteiger charge is 2.32. The van der Waals surface area contributed by atoms with E-state index in [1.807, 2.05) is 0 Å². The van der Waals surface area contributed by atoms with Crippen LogP contribution in [0.1, 0.15) is 52.9 Å². The highest BCUT2D eigenvalue weighted by Crippen LogP contribution is 2.35. The molecule has 0 aromatic carbocycles. The molecule has 2 unspecified atom stereocenters. The summed E-state index contributed by atoms with van der Waals surface area (Å²) in [5, 5.41) is 6.53. The minimum absolute atomic E-state index is 0.0462. The molecule has 1 aliphatic carbocycles. The molecule has 0 aromatic heterocycles. The lowest BCUT2D eigenvalue weighted by molar-refractivity contribution is -0.124. The first-order valence-corrected chi connectivity index (χ1v) is 7.02. The van der Waals surface area contributed by atoms with Gasteiger partial charge in [-0.15, -0.1) is 0 Å². The molecule has 2 rings (SSSR count). The Bertz CT molecular complexity index is 278. The van der Waals surface area contributed by atoms with Crippen molar-refractivity contribution in [3.05, 3.63) is 0 Å².